The van der Waals surface area contributed by atoms with Crippen LogP contribution < -0.4 is 5.73 Å². The van der Waals surface area contributed by atoms with Crippen LogP contribution in [0.2, 0.25) is 5.02 Å². The molecule has 1 atom stereocenters. The van der Waals surface area contributed by atoms with Crippen LogP contribution in [0.4, 0.5) is 0 Å². The number of halogens is 1. The van der Waals surface area contributed by atoms with Crippen LogP contribution >= 0.6 is 11.6 Å². The summed E-state index contributed by atoms with van der Waals surface area (Å²) in [7, 11) is 0. The highest BCUT2D eigenvalue weighted by Crippen LogP contribution is 2.28. The monoisotopic (exact) mass is 239 g/mol. The lowest BCUT2D eigenvalue weighted by Crippen LogP contribution is -2.38. The second-order valence-electron chi connectivity index (χ2n) is 5.25. The number of hydrogen-bond acceptors (Lipinski definition) is 1. The van der Waals surface area contributed by atoms with E-state index in [1.807, 2.05) is 13.0 Å². The quantitative estimate of drug-likeness (QED) is 0.846. The first-order valence-electron chi connectivity index (χ1n) is 5.87. The lowest BCUT2D eigenvalue weighted by Gasteiger charge is -2.30. The van der Waals surface area contributed by atoms with Crippen LogP contribution in [-0.4, -0.2) is 6.04 Å². The molecule has 1 nitrogen and oxygen atoms in total. The minimum Gasteiger partial charge on any atom is -0.327 e. The molecule has 16 heavy (non-hydrogen) atoms. The maximum Gasteiger partial charge on any atom is 0.0441 e. The molecule has 0 aliphatic heterocycles. The van der Waals surface area contributed by atoms with E-state index in [1.165, 1.54) is 5.56 Å². The molecule has 0 fully saturated rings. The largest absolute Gasteiger partial charge is 0.327 e. The summed E-state index contributed by atoms with van der Waals surface area (Å²) in [5.41, 5.74) is 8.75. The van der Waals surface area contributed by atoms with Crippen molar-refractivity contribution in [2.24, 2.45) is 11.1 Å². The number of hydrogen-bond donors (Lipinski definition) is 1. The highest BCUT2D eigenvalue weighted by molar-refractivity contribution is 6.31. The van der Waals surface area contributed by atoms with Crippen molar-refractivity contribution in [3.05, 3.63) is 34.3 Å². The highest BCUT2D eigenvalue weighted by atomic mass is 35.5. The summed E-state index contributed by atoms with van der Waals surface area (Å²) in [6, 6.07) is 6.33. The average Bonchev–Trinajstić information content (AvgIpc) is 2.22. The summed E-state index contributed by atoms with van der Waals surface area (Å²) in [5, 5.41) is 0.836. The molecule has 2 heteroatoms. The molecule has 1 aromatic carbocycles. The minimum atomic E-state index is 0.151. The Labute approximate surface area is 104 Å². The molecule has 0 bridgehead atoms. The zero-order chi connectivity index (χ0) is 12.3. The van der Waals surface area contributed by atoms with E-state index in [2.05, 4.69) is 32.9 Å². The molecule has 1 rings (SSSR count). The summed E-state index contributed by atoms with van der Waals surface area (Å²) < 4.78 is 0. The van der Waals surface area contributed by atoms with E-state index < -0.39 is 0 Å². The Hall–Kier alpha value is -0.530. The van der Waals surface area contributed by atoms with E-state index in [0.717, 1.165) is 23.4 Å². The standard InChI is InChI=1S/C14H22ClN/c1-5-14(3,4)13(16)9-11-7-6-10(2)8-12(11)15/h6-8,13H,5,9,16H2,1-4H3. The van der Waals surface area contributed by atoms with E-state index in [0.29, 0.717) is 0 Å². The van der Waals surface area contributed by atoms with Gasteiger partial charge >= 0.3 is 0 Å². The van der Waals surface area contributed by atoms with Crippen molar-refractivity contribution < 1.29 is 0 Å². The molecule has 90 valence electrons. The van der Waals surface area contributed by atoms with E-state index in [9.17, 15) is 0 Å². The van der Waals surface area contributed by atoms with Crippen LogP contribution in [0, 0.1) is 12.3 Å². The molecule has 0 amide bonds. The van der Waals surface area contributed by atoms with E-state index in [4.69, 9.17) is 17.3 Å². The maximum absolute atomic E-state index is 6.24. The van der Waals surface area contributed by atoms with Crippen molar-refractivity contribution in [1.29, 1.82) is 0 Å². The summed E-state index contributed by atoms with van der Waals surface area (Å²) in [5.74, 6) is 0. The number of benzene rings is 1. The second-order valence-corrected chi connectivity index (χ2v) is 5.65. The molecule has 0 aliphatic carbocycles. The van der Waals surface area contributed by atoms with Crippen LogP contribution in [0.3, 0.4) is 0 Å². The molecule has 0 saturated carbocycles. The van der Waals surface area contributed by atoms with Gasteiger partial charge in [0, 0.05) is 11.1 Å². The van der Waals surface area contributed by atoms with Crippen molar-refractivity contribution in [3.8, 4) is 0 Å². The molecular formula is C14H22ClN. The van der Waals surface area contributed by atoms with Gasteiger partial charge < -0.3 is 5.73 Å². The average molecular weight is 240 g/mol. The molecule has 0 aromatic heterocycles. The molecule has 0 heterocycles. The highest BCUT2D eigenvalue weighted by Gasteiger charge is 2.24. The summed E-state index contributed by atoms with van der Waals surface area (Å²) in [4.78, 5) is 0. The van der Waals surface area contributed by atoms with Crippen molar-refractivity contribution in [1.82, 2.24) is 0 Å². The zero-order valence-electron chi connectivity index (χ0n) is 10.7. The topological polar surface area (TPSA) is 26.0 Å². The lowest BCUT2D eigenvalue weighted by atomic mass is 9.79. The fraction of sp³-hybridized carbons (Fsp3) is 0.571. The molecule has 0 spiro atoms. The van der Waals surface area contributed by atoms with E-state index in [-0.39, 0.29) is 11.5 Å². The third-order valence-corrected chi connectivity index (χ3v) is 3.92. The molecule has 0 saturated heterocycles. The first kappa shape index (κ1) is 13.5. The Morgan fingerprint density at radius 3 is 2.50 bits per heavy atom. The van der Waals surface area contributed by atoms with Crippen LogP contribution in [0.25, 0.3) is 0 Å². The van der Waals surface area contributed by atoms with Crippen molar-refractivity contribution in [2.45, 2.75) is 46.6 Å². The van der Waals surface area contributed by atoms with Crippen LogP contribution in [0.5, 0.6) is 0 Å². The fourth-order valence-corrected chi connectivity index (χ4v) is 1.91. The third-order valence-electron chi connectivity index (χ3n) is 3.56. The molecule has 0 aliphatic rings. The summed E-state index contributed by atoms with van der Waals surface area (Å²) in [6.45, 7) is 8.64. The maximum atomic E-state index is 6.24. The van der Waals surface area contributed by atoms with Gasteiger partial charge in [-0.2, -0.15) is 0 Å². The molecule has 0 radical (unpaired) electrons. The van der Waals surface area contributed by atoms with Crippen molar-refractivity contribution in [3.63, 3.8) is 0 Å². The summed E-state index contributed by atoms with van der Waals surface area (Å²) in [6.07, 6.45) is 1.93. The van der Waals surface area contributed by atoms with Gasteiger partial charge in [0.05, 0.1) is 0 Å². The number of aryl methyl sites for hydroxylation is 1. The number of rotatable bonds is 4. The summed E-state index contributed by atoms with van der Waals surface area (Å²) >= 11 is 6.21. The van der Waals surface area contributed by atoms with Gasteiger partial charge in [-0.1, -0.05) is 44.5 Å². The van der Waals surface area contributed by atoms with Crippen LogP contribution in [0.15, 0.2) is 18.2 Å². The van der Waals surface area contributed by atoms with Crippen LogP contribution in [0.1, 0.15) is 38.3 Å². The Bertz CT molecular complexity index is 358. The molecule has 1 aromatic rings. The molecule has 2 N–H and O–H groups in total. The van der Waals surface area contributed by atoms with Gasteiger partial charge in [0.1, 0.15) is 0 Å². The predicted molar refractivity (Wildman–Crippen MR) is 71.9 cm³/mol. The van der Waals surface area contributed by atoms with Gasteiger partial charge in [-0.15, -0.1) is 0 Å². The SMILES string of the molecule is CCC(C)(C)C(N)Cc1ccc(C)cc1Cl. The Morgan fingerprint density at radius 1 is 1.38 bits per heavy atom. The fourth-order valence-electron chi connectivity index (χ4n) is 1.59. The van der Waals surface area contributed by atoms with Gasteiger partial charge in [0.2, 0.25) is 0 Å². The smallest absolute Gasteiger partial charge is 0.0441 e. The van der Waals surface area contributed by atoms with Crippen molar-refractivity contribution >= 4 is 11.6 Å². The van der Waals surface area contributed by atoms with Gasteiger partial charge in [-0.3, -0.25) is 0 Å². The van der Waals surface area contributed by atoms with Gasteiger partial charge in [-0.25, -0.2) is 0 Å². The van der Waals surface area contributed by atoms with Gasteiger partial charge in [-0.05, 0) is 42.4 Å². The predicted octanol–water partition coefficient (Wildman–Crippen LogP) is 3.95. The number of nitrogens with two attached hydrogens (primary N) is 1. The van der Waals surface area contributed by atoms with Crippen molar-refractivity contribution in [2.75, 3.05) is 0 Å². The van der Waals surface area contributed by atoms with E-state index >= 15 is 0 Å². The first-order valence-corrected chi connectivity index (χ1v) is 6.25. The molecule has 1 unspecified atom stereocenters. The third kappa shape index (κ3) is 3.23. The Morgan fingerprint density at radius 2 is 2.00 bits per heavy atom. The van der Waals surface area contributed by atoms with E-state index in [1.54, 1.807) is 0 Å². The second kappa shape index (κ2) is 5.20. The Balaban J connectivity index is 2.81. The Kier molecular flexibility index (Phi) is 4.40. The molecular weight excluding hydrogens is 218 g/mol. The minimum absolute atomic E-state index is 0.151. The first-order chi connectivity index (χ1) is 7.36. The van der Waals surface area contributed by atoms with Crippen LogP contribution in [-0.2, 0) is 6.42 Å². The lowest BCUT2D eigenvalue weighted by molar-refractivity contribution is 0.273. The zero-order valence-corrected chi connectivity index (χ0v) is 11.4. The normalized spacial score (nSPS) is 13.9. The van der Waals surface area contributed by atoms with Gasteiger partial charge in [0.15, 0.2) is 0 Å². The van der Waals surface area contributed by atoms with Gasteiger partial charge in [0.25, 0.3) is 0 Å².